The van der Waals surface area contributed by atoms with E-state index in [1.165, 1.54) is 46.1 Å². The fraction of sp³-hybridized carbons (Fsp3) is 0.438. The summed E-state index contributed by atoms with van der Waals surface area (Å²) in [4.78, 5) is 81.6. The maximum Gasteiger partial charge on any atom is 0.326 e. The van der Waals surface area contributed by atoms with Crippen molar-refractivity contribution in [3.8, 4) is 0 Å². The molecule has 0 saturated heterocycles. The molecule has 2 aromatic heterocycles. The van der Waals surface area contributed by atoms with Crippen LogP contribution in [0.25, 0.3) is 0 Å². The third kappa shape index (κ3) is 17.4. The van der Waals surface area contributed by atoms with Crippen molar-refractivity contribution < 1.29 is 94.8 Å². The predicted octanol–water partition coefficient (Wildman–Crippen LogP) is -0.592. The average Bonchev–Trinajstić information content (AvgIpc) is 3.71. The summed E-state index contributed by atoms with van der Waals surface area (Å²) in [5, 5.41) is 49.9. The number of primary sulfonamides is 1. The van der Waals surface area contributed by atoms with Crippen LogP contribution in [0.15, 0.2) is 53.9 Å². The Balaban J connectivity index is 0.00000784. The van der Waals surface area contributed by atoms with Crippen LogP contribution in [0.1, 0.15) is 49.3 Å². The molecule has 0 bridgehead atoms. The Morgan fingerprint density at radius 3 is 1.75 bits per heavy atom. The molecule has 3 aromatic rings. The molecule has 3 rings (SSSR count). The molecule has 24 heteroatoms. The molecule has 0 aliphatic rings. The number of carbonyl (C=O) groups is 6. The zero-order chi connectivity index (χ0) is 39.8. The number of aromatic nitrogens is 4. The summed E-state index contributed by atoms with van der Waals surface area (Å²) in [5.41, 5.74) is 0.719. The van der Waals surface area contributed by atoms with Crippen LogP contribution in [0.3, 0.4) is 0 Å². The molecule has 1 aromatic carbocycles. The fourth-order valence-corrected chi connectivity index (χ4v) is 5.80. The van der Waals surface area contributed by atoms with E-state index < -0.39 is 57.9 Å². The fourth-order valence-electron chi connectivity index (χ4n) is 5.29. The largest absolute Gasteiger partial charge is 0.480 e. The van der Waals surface area contributed by atoms with Crippen LogP contribution in [0.5, 0.6) is 0 Å². The summed E-state index contributed by atoms with van der Waals surface area (Å²) in [6.07, 6.45) is 6.34. The van der Waals surface area contributed by atoms with Gasteiger partial charge in [-0.25, -0.2) is 37.9 Å². The van der Waals surface area contributed by atoms with Crippen molar-refractivity contribution in [2.45, 2.75) is 81.7 Å². The SMILES string of the molecule is NS(=O)(=O)c1ccc(CCNC(=O)CC[C@H](NC(=O)N[C@@H](CCCCN(Cc2nccn2CC(=O)O)Cc2nccn2CC(=O)O)C(=O)O)C(=O)O)cc1.[Co].[Re]. The van der Waals surface area contributed by atoms with E-state index in [4.69, 9.17) is 5.14 Å². The molecule has 3 amide bonds. The number of urea groups is 1. The van der Waals surface area contributed by atoms with Crippen LogP contribution in [-0.2, 0) is 104 Å². The Bertz CT molecular complexity index is 1840. The second-order valence-electron chi connectivity index (χ2n) is 12.2. The second kappa shape index (κ2) is 24.0. The van der Waals surface area contributed by atoms with Gasteiger partial charge in [0.2, 0.25) is 15.9 Å². The molecule has 2 radical (unpaired) electrons. The summed E-state index contributed by atoms with van der Waals surface area (Å²) < 4.78 is 25.7. The Labute approximate surface area is 345 Å². The van der Waals surface area contributed by atoms with Crippen LogP contribution in [0.4, 0.5) is 4.79 Å². The van der Waals surface area contributed by atoms with Crippen molar-refractivity contribution in [3.05, 3.63) is 66.3 Å². The Morgan fingerprint density at radius 1 is 0.786 bits per heavy atom. The average molecular weight is 1020 g/mol. The number of rotatable bonds is 24. The second-order valence-corrected chi connectivity index (χ2v) is 13.7. The first-order valence-electron chi connectivity index (χ1n) is 16.6. The summed E-state index contributed by atoms with van der Waals surface area (Å²) in [7, 11) is -3.84. The number of imidazole rings is 2. The van der Waals surface area contributed by atoms with E-state index in [0.717, 1.165) is 5.56 Å². The van der Waals surface area contributed by atoms with Gasteiger partial charge in [-0.3, -0.25) is 19.3 Å². The van der Waals surface area contributed by atoms with Gasteiger partial charge in [-0.2, -0.15) is 0 Å². The standard InChI is InChI=1S/C32H43N9O12S.Co.Re/c33-54(52,53)22-6-4-21(5-7-22)10-11-36-27(42)9-8-24(31(49)50)38-32(51)37-23(30(47)48)3-1-2-14-39(17-25-34-12-15-40(25)19-28(43)44)18-26-35-13-16-41(26)20-29(45)46;;/h4-7,12-13,15-16,23-24H,1-3,8-11,14,17-20H2,(H,36,42)(H,43,44)(H,45,46)(H,47,48)(H,49,50)(H2,33,52,53)(H2,37,38,51);;/t23-,24-;;/m0../s1. The monoisotopic (exact) mass is 1020 g/mol. The predicted molar refractivity (Wildman–Crippen MR) is 186 cm³/mol. The van der Waals surface area contributed by atoms with E-state index in [2.05, 4.69) is 25.9 Å². The minimum absolute atomic E-state index is 0. The number of carboxylic acids is 4. The van der Waals surface area contributed by atoms with E-state index in [-0.39, 0.29) is 101 Å². The first kappa shape index (κ1) is 49.3. The van der Waals surface area contributed by atoms with E-state index in [0.29, 0.717) is 31.0 Å². The minimum atomic E-state index is -3.84. The number of amides is 3. The molecule has 9 N–H and O–H groups in total. The van der Waals surface area contributed by atoms with Crippen molar-refractivity contribution in [2.24, 2.45) is 5.14 Å². The number of hydrogen-bond donors (Lipinski definition) is 8. The van der Waals surface area contributed by atoms with E-state index in [9.17, 15) is 57.6 Å². The normalized spacial score (nSPS) is 12.0. The molecule has 0 aliphatic heterocycles. The summed E-state index contributed by atoms with van der Waals surface area (Å²) >= 11 is 0. The smallest absolute Gasteiger partial charge is 0.326 e. The van der Waals surface area contributed by atoms with Crippen molar-refractivity contribution in [2.75, 3.05) is 13.1 Å². The Kier molecular flexibility index (Phi) is 21.2. The molecule has 0 fully saturated rings. The molecule has 0 unspecified atom stereocenters. The Morgan fingerprint density at radius 2 is 1.29 bits per heavy atom. The number of sulfonamides is 1. The number of carbonyl (C=O) groups excluding carboxylic acids is 2. The number of carboxylic acid groups (broad SMARTS) is 4. The van der Waals surface area contributed by atoms with Gasteiger partial charge in [0, 0.05) is 75.0 Å². The van der Waals surface area contributed by atoms with E-state index >= 15 is 0 Å². The van der Waals surface area contributed by atoms with Crippen molar-refractivity contribution in [1.82, 2.24) is 40.0 Å². The number of unbranched alkanes of at least 4 members (excludes halogenated alkanes) is 1. The zero-order valence-corrected chi connectivity index (χ0v) is 34.3. The summed E-state index contributed by atoms with van der Waals surface area (Å²) in [6, 6.07) is 1.80. The quantitative estimate of drug-likeness (QED) is 0.0520. The molecule has 310 valence electrons. The maximum atomic E-state index is 12.6. The number of nitrogens with one attached hydrogen (secondary N) is 3. The van der Waals surface area contributed by atoms with Gasteiger partial charge in [-0.15, -0.1) is 0 Å². The third-order valence-corrected chi connectivity index (χ3v) is 8.95. The molecule has 0 aliphatic carbocycles. The number of aliphatic carboxylic acids is 4. The van der Waals surface area contributed by atoms with E-state index in [1.54, 1.807) is 12.1 Å². The van der Waals surface area contributed by atoms with Gasteiger partial charge in [0.25, 0.3) is 0 Å². The number of nitrogens with zero attached hydrogens (tertiary/aromatic N) is 5. The topological polar surface area (TPSA) is 318 Å². The minimum Gasteiger partial charge on any atom is -0.480 e. The molecular weight excluding hydrogens is 980 g/mol. The van der Waals surface area contributed by atoms with Crippen LogP contribution >= 0.6 is 0 Å². The van der Waals surface area contributed by atoms with Gasteiger partial charge in [0.1, 0.15) is 36.8 Å². The van der Waals surface area contributed by atoms with Crippen molar-refractivity contribution in [3.63, 3.8) is 0 Å². The molecule has 56 heavy (non-hydrogen) atoms. The third-order valence-electron chi connectivity index (χ3n) is 8.02. The first-order valence-corrected chi connectivity index (χ1v) is 18.1. The van der Waals surface area contributed by atoms with Gasteiger partial charge in [-0.1, -0.05) is 12.1 Å². The van der Waals surface area contributed by atoms with Crippen LogP contribution < -0.4 is 21.1 Å². The van der Waals surface area contributed by atoms with Gasteiger partial charge in [0.15, 0.2) is 0 Å². The molecule has 2 atom stereocenters. The molecular formula is C32H43CoN9O12ReS. The summed E-state index contributed by atoms with van der Waals surface area (Å²) in [5.74, 6) is -4.59. The molecule has 2 heterocycles. The van der Waals surface area contributed by atoms with Crippen LogP contribution in [0.2, 0.25) is 0 Å². The number of hydrogen-bond acceptors (Lipinski definition) is 11. The van der Waals surface area contributed by atoms with Gasteiger partial charge >= 0.3 is 29.9 Å². The van der Waals surface area contributed by atoms with Crippen molar-refractivity contribution in [1.29, 1.82) is 0 Å². The number of nitrogens with two attached hydrogens (primary N) is 1. The van der Waals surface area contributed by atoms with Gasteiger partial charge in [0.05, 0.1) is 18.0 Å². The molecule has 21 nitrogen and oxygen atoms in total. The van der Waals surface area contributed by atoms with Gasteiger partial charge < -0.3 is 45.5 Å². The van der Waals surface area contributed by atoms with E-state index in [1.807, 2.05) is 4.90 Å². The Hall–Kier alpha value is -4.70. The molecule has 0 spiro atoms. The zero-order valence-electron chi connectivity index (χ0n) is 29.7. The van der Waals surface area contributed by atoms with Gasteiger partial charge in [-0.05, 0) is 56.3 Å². The maximum absolute atomic E-state index is 12.6. The first-order chi connectivity index (χ1) is 25.5. The molecule has 0 saturated carbocycles. The number of benzene rings is 1. The summed E-state index contributed by atoms with van der Waals surface area (Å²) in [6.45, 7) is 0.161. The van der Waals surface area contributed by atoms with Crippen LogP contribution in [0, 0.1) is 0 Å². The van der Waals surface area contributed by atoms with Crippen LogP contribution in [-0.4, -0.2) is 114 Å². The van der Waals surface area contributed by atoms with Crippen molar-refractivity contribution >= 4 is 45.8 Å².